The van der Waals surface area contributed by atoms with E-state index in [9.17, 15) is 0 Å². The molecule has 0 saturated heterocycles. The van der Waals surface area contributed by atoms with Gasteiger partial charge in [-0.25, -0.2) is 0 Å². The first-order chi connectivity index (χ1) is 10.8. The van der Waals surface area contributed by atoms with Gasteiger partial charge in [-0.15, -0.1) is 0 Å². The van der Waals surface area contributed by atoms with Crippen molar-refractivity contribution in [3.05, 3.63) is 66.5 Å². The molecule has 0 aliphatic heterocycles. The molecule has 6 heteroatoms. The van der Waals surface area contributed by atoms with E-state index in [1.54, 1.807) is 0 Å². The van der Waals surface area contributed by atoms with Crippen molar-refractivity contribution in [2.75, 3.05) is 10.6 Å². The molecular formula is C16H12N6. The van der Waals surface area contributed by atoms with Crippen molar-refractivity contribution in [1.82, 2.24) is 15.0 Å². The van der Waals surface area contributed by atoms with Gasteiger partial charge in [-0.3, -0.25) is 0 Å². The predicted octanol–water partition coefficient (Wildman–Crippen LogP) is 3.23. The monoisotopic (exact) mass is 288 g/mol. The van der Waals surface area contributed by atoms with Gasteiger partial charge in [-0.2, -0.15) is 20.2 Å². The van der Waals surface area contributed by atoms with Crippen molar-refractivity contribution in [3.63, 3.8) is 0 Å². The topological polar surface area (TPSA) is 86.5 Å². The summed E-state index contributed by atoms with van der Waals surface area (Å²) in [6.07, 6.45) is 0. The molecule has 0 unspecified atom stereocenters. The van der Waals surface area contributed by atoms with E-state index in [0.717, 1.165) is 11.4 Å². The molecule has 0 fully saturated rings. The maximum Gasteiger partial charge on any atom is 0.238 e. The summed E-state index contributed by atoms with van der Waals surface area (Å²) in [4.78, 5) is 12.4. The summed E-state index contributed by atoms with van der Waals surface area (Å²) in [5.41, 5.74) is 1.67. The van der Waals surface area contributed by atoms with Crippen LogP contribution in [-0.2, 0) is 0 Å². The smallest absolute Gasteiger partial charge is 0.238 e. The first-order valence-corrected chi connectivity index (χ1v) is 6.64. The van der Waals surface area contributed by atoms with Crippen LogP contribution in [0.3, 0.4) is 0 Å². The Morgan fingerprint density at radius 2 is 1.14 bits per heavy atom. The molecule has 2 aromatic carbocycles. The molecule has 1 heterocycles. The maximum absolute atomic E-state index is 9.06. The number of benzene rings is 2. The zero-order chi connectivity index (χ0) is 15.2. The molecule has 0 saturated carbocycles. The Hall–Kier alpha value is -3.46. The van der Waals surface area contributed by atoms with E-state index in [1.165, 1.54) is 0 Å². The number of nitrogens with zero attached hydrogens (tertiary/aromatic N) is 4. The van der Waals surface area contributed by atoms with Crippen LogP contribution in [0.25, 0.3) is 0 Å². The molecule has 106 valence electrons. The molecule has 2 N–H and O–H groups in total. The van der Waals surface area contributed by atoms with Gasteiger partial charge >= 0.3 is 0 Å². The van der Waals surface area contributed by atoms with E-state index in [0.29, 0.717) is 11.9 Å². The highest BCUT2D eigenvalue weighted by Crippen LogP contribution is 2.16. The third kappa shape index (κ3) is 3.35. The Morgan fingerprint density at radius 3 is 1.55 bits per heavy atom. The van der Waals surface area contributed by atoms with Gasteiger partial charge in [0, 0.05) is 11.4 Å². The largest absolute Gasteiger partial charge is 0.324 e. The average Bonchev–Trinajstić information content (AvgIpc) is 2.56. The van der Waals surface area contributed by atoms with Crippen molar-refractivity contribution in [2.45, 2.75) is 0 Å². The predicted molar refractivity (Wildman–Crippen MR) is 84.0 cm³/mol. The van der Waals surface area contributed by atoms with Gasteiger partial charge in [-0.05, 0) is 24.3 Å². The van der Waals surface area contributed by atoms with Crippen LogP contribution < -0.4 is 10.6 Å². The van der Waals surface area contributed by atoms with E-state index < -0.39 is 0 Å². The molecule has 0 atom stereocenters. The van der Waals surface area contributed by atoms with Crippen molar-refractivity contribution in [2.24, 2.45) is 0 Å². The number of hydrogen-bond donors (Lipinski definition) is 2. The summed E-state index contributed by atoms with van der Waals surface area (Å²) in [5.74, 6) is 0.680. The van der Waals surface area contributed by atoms with Gasteiger partial charge < -0.3 is 10.6 Å². The van der Waals surface area contributed by atoms with E-state index in [1.807, 2.05) is 66.7 Å². The Morgan fingerprint density at radius 1 is 0.682 bits per heavy atom. The van der Waals surface area contributed by atoms with E-state index in [2.05, 4.69) is 25.6 Å². The molecular weight excluding hydrogens is 276 g/mol. The van der Waals surface area contributed by atoms with Crippen LogP contribution in [0.4, 0.5) is 23.3 Å². The van der Waals surface area contributed by atoms with Crippen LogP contribution in [0.2, 0.25) is 0 Å². The second kappa shape index (κ2) is 6.33. The van der Waals surface area contributed by atoms with E-state index in [-0.39, 0.29) is 5.82 Å². The van der Waals surface area contributed by atoms with E-state index in [4.69, 9.17) is 5.26 Å². The highest BCUT2D eigenvalue weighted by atomic mass is 15.2. The normalized spacial score (nSPS) is 9.77. The quantitative estimate of drug-likeness (QED) is 0.766. The zero-order valence-electron chi connectivity index (χ0n) is 11.6. The minimum Gasteiger partial charge on any atom is -0.324 e. The number of para-hydroxylation sites is 2. The number of rotatable bonds is 4. The van der Waals surface area contributed by atoms with Crippen LogP contribution >= 0.6 is 0 Å². The Kier molecular flexibility index (Phi) is 3.89. The van der Waals surface area contributed by atoms with Crippen LogP contribution in [0.15, 0.2) is 60.7 Å². The first-order valence-electron chi connectivity index (χ1n) is 6.64. The van der Waals surface area contributed by atoms with Crippen molar-refractivity contribution in [3.8, 4) is 6.07 Å². The minimum atomic E-state index is 0.0480. The second-order valence-electron chi connectivity index (χ2n) is 4.40. The first kappa shape index (κ1) is 13.5. The lowest BCUT2D eigenvalue weighted by molar-refractivity contribution is 1.03. The SMILES string of the molecule is N#Cc1nc(Nc2ccccc2)nc(Nc2ccccc2)n1. The second-order valence-corrected chi connectivity index (χ2v) is 4.40. The molecule has 0 aliphatic carbocycles. The number of nitriles is 1. The molecule has 0 amide bonds. The van der Waals surface area contributed by atoms with Crippen LogP contribution in [0.1, 0.15) is 5.82 Å². The zero-order valence-corrected chi connectivity index (χ0v) is 11.6. The number of nitrogens with one attached hydrogen (secondary N) is 2. The van der Waals surface area contributed by atoms with Crippen LogP contribution in [0.5, 0.6) is 0 Å². The summed E-state index contributed by atoms with van der Waals surface area (Å²) in [6, 6.07) is 20.9. The lowest BCUT2D eigenvalue weighted by atomic mass is 10.3. The molecule has 0 aliphatic rings. The highest BCUT2D eigenvalue weighted by Gasteiger charge is 2.06. The number of anilines is 4. The van der Waals surface area contributed by atoms with Gasteiger partial charge in [0.05, 0.1) is 0 Å². The van der Waals surface area contributed by atoms with Gasteiger partial charge in [0.2, 0.25) is 17.7 Å². The fourth-order valence-corrected chi connectivity index (χ4v) is 1.84. The lowest BCUT2D eigenvalue weighted by Crippen LogP contribution is -2.05. The molecule has 1 aromatic heterocycles. The van der Waals surface area contributed by atoms with E-state index >= 15 is 0 Å². The molecule has 3 aromatic rings. The lowest BCUT2D eigenvalue weighted by Gasteiger charge is -2.08. The summed E-state index contributed by atoms with van der Waals surface area (Å²) in [6.45, 7) is 0. The number of hydrogen-bond acceptors (Lipinski definition) is 6. The van der Waals surface area contributed by atoms with Gasteiger partial charge in [0.25, 0.3) is 0 Å². The van der Waals surface area contributed by atoms with Crippen molar-refractivity contribution >= 4 is 23.3 Å². The molecule has 0 radical (unpaired) electrons. The Balaban J connectivity index is 1.88. The molecule has 22 heavy (non-hydrogen) atoms. The average molecular weight is 288 g/mol. The minimum absolute atomic E-state index is 0.0480. The molecule has 0 spiro atoms. The third-order valence-corrected chi connectivity index (χ3v) is 2.80. The van der Waals surface area contributed by atoms with Crippen molar-refractivity contribution < 1.29 is 0 Å². The van der Waals surface area contributed by atoms with Gasteiger partial charge in [0.15, 0.2) is 0 Å². The summed E-state index contributed by atoms with van der Waals surface area (Å²) in [7, 11) is 0. The summed E-state index contributed by atoms with van der Waals surface area (Å²) >= 11 is 0. The Bertz CT molecular complexity index is 736. The van der Waals surface area contributed by atoms with Gasteiger partial charge in [0.1, 0.15) is 6.07 Å². The summed E-state index contributed by atoms with van der Waals surface area (Å²) in [5, 5.41) is 15.2. The van der Waals surface area contributed by atoms with Crippen LogP contribution in [-0.4, -0.2) is 15.0 Å². The highest BCUT2D eigenvalue weighted by molar-refractivity contribution is 5.57. The maximum atomic E-state index is 9.06. The molecule has 6 nitrogen and oxygen atoms in total. The van der Waals surface area contributed by atoms with Crippen LogP contribution in [0, 0.1) is 11.3 Å². The Labute approximate surface area is 127 Å². The molecule has 0 bridgehead atoms. The molecule has 3 rings (SSSR count). The number of aromatic nitrogens is 3. The fraction of sp³-hybridized carbons (Fsp3) is 0. The fourth-order valence-electron chi connectivity index (χ4n) is 1.84. The van der Waals surface area contributed by atoms with Gasteiger partial charge in [-0.1, -0.05) is 36.4 Å². The van der Waals surface area contributed by atoms with Crippen molar-refractivity contribution in [1.29, 1.82) is 5.26 Å². The standard InChI is InChI=1S/C16H12N6/c17-11-14-20-15(18-12-7-3-1-4-8-12)22-16(21-14)19-13-9-5-2-6-10-13/h1-10H,(H2,18,19,20,21,22). The summed E-state index contributed by atoms with van der Waals surface area (Å²) < 4.78 is 0. The third-order valence-electron chi connectivity index (χ3n) is 2.80.